The number of nitrogens with one attached hydrogen (secondary N) is 2. The molecular formula is C29H42N4O4S. The van der Waals surface area contributed by atoms with Crippen molar-refractivity contribution >= 4 is 21.4 Å². The molecule has 2 heterocycles. The number of piperidine rings is 1. The van der Waals surface area contributed by atoms with Gasteiger partial charge in [0.15, 0.2) is 5.44 Å². The van der Waals surface area contributed by atoms with Crippen LogP contribution in [0.5, 0.6) is 0 Å². The zero-order valence-electron chi connectivity index (χ0n) is 23.1. The van der Waals surface area contributed by atoms with E-state index in [0.717, 1.165) is 62.4 Å². The van der Waals surface area contributed by atoms with Crippen LogP contribution in [0.1, 0.15) is 41.5 Å². The minimum absolute atomic E-state index is 0.307. The number of aryl methyl sites for hydroxylation is 3. The van der Waals surface area contributed by atoms with Crippen LogP contribution in [0.15, 0.2) is 41.3 Å². The molecule has 2 saturated heterocycles. The molecule has 4 rings (SSSR count). The second-order valence-electron chi connectivity index (χ2n) is 10.7. The van der Waals surface area contributed by atoms with Crippen molar-refractivity contribution in [1.29, 1.82) is 0 Å². The van der Waals surface area contributed by atoms with Crippen LogP contribution in [0.25, 0.3) is 0 Å². The molecule has 0 spiro atoms. The van der Waals surface area contributed by atoms with Crippen molar-refractivity contribution in [3.05, 3.63) is 58.7 Å². The third-order valence-corrected chi connectivity index (χ3v) is 9.85. The number of carbonyl (C=O) groups is 1. The molecule has 2 aliphatic rings. The van der Waals surface area contributed by atoms with E-state index in [0.29, 0.717) is 29.0 Å². The van der Waals surface area contributed by atoms with Gasteiger partial charge in [0.05, 0.1) is 4.90 Å². The quantitative estimate of drug-likeness (QED) is 0.504. The predicted molar refractivity (Wildman–Crippen MR) is 151 cm³/mol. The third-order valence-electron chi connectivity index (χ3n) is 7.56. The summed E-state index contributed by atoms with van der Waals surface area (Å²) in [5.74, 6) is -0.327. The Labute approximate surface area is 227 Å². The zero-order valence-corrected chi connectivity index (χ0v) is 23.9. The molecule has 2 aromatic rings. The first-order valence-corrected chi connectivity index (χ1v) is 15.2. The number of para-hydroxylation sites is 1. The van der Waals surface area contributed by atoms with Gasteiger partial charge in [0.2, 0.25) is 15.7 Å². The molecule has 2 atom stereocenters. The molecule has 0 aliphatic carbocycles. The Bertz CT molecular complexity index is 1200. The molecule has 8 nitrogen and oxygen atoms in total. The third kappa shape index (κ3) is 6.75. The summed E-state index contributed by atoms with van der Waals surface area (Å²) in [5.41, 5.74) is 3.46. The Morgan fingerprint density at radius 1 is 1.08 bits per heavy atom. The molecule has 2 N–H and O–H groups in total. The predicted octanol–water partition coefficient (Wildman–Crippen LogP) is 2.94. The minimum Gasteiger partial charge on any atom is -0.369 e. The van der Waals surface area contributed by atoms with Crippen molar-refractivity contribution in [3.63, 3.8) is 0 Å². The number of ether oxygens (including phenoxy) is 1. The molecule has 2 aromatic carbocycles. The van der Waals surface area contributed by atoms with Crippen LogP contribution < -0.4 is 15.5 Å². The van der Waals surface area contributed by atoms with Gasteiger partial charge in [-0.3, -0.25) is 4.79 Å². The Kier molecular flexibility index (Phi) is 9.46. The van der Waals surface area contributed by atoms with E-state index in [9.17, 15) is 13.2 Å². The number of likely N-dealkylation sites (N-methyl/N-ethyl adjacent to an activating group) is 1. The van der Waals surface area contributed by atoms with Crippen molar-refractivity contribution in [2.75, 3.05) is 51.3 Å². The van der Waals surface area contributed by atoms with Crippen LogP contribution in [-0.4, -0.2) is 77.1 Å². The standard InChI is InChI=1S/C29H42N4O4S/c1-21-17-22(2)28(23(3)18-21)38(35,36)29(25-10-7-8-12-30-25)37-20-27(34)31-19-24-9-5-6-11-26(24)33-15-13-32(4)14-16-33/h5-6,9,11,17-18,25,29-30H,7-8,10,12-16,19-20H2,1-4H3,(H,31,34). The summed E-state index contributed by atoms with van der Waals surface area (Å²) in [6.45, 7) is 10.3. The van der Waals surface area contributed by atoms with Gasteiger partial charge in [-0.05, 0) is 70.0 Å². The number of benzene rings is 2. The largest absolute Gasteiger partial charge is 0.369 e. The number of carbonyl (C=O) groups excluding carboxylic acids is 1. The first-order valence-electron chi connectivity index (χ1n) is 13.6. The number of sulfone groups is 1. The molecule has 38 heavy (non-hydrogen) atoms. The summed E-state index contributed by atoms with van der Waals surface area (Å²) in [6, 6.07) is 11.5. The van der Waals surface area contributed by atoms with Gasteiger partial charge in [-0.2, -0.15) is 0 Å². The molecule has 0 aromatic heterocycles. The average Bonchev–Trinajstić information content (AvgIpc) is 2.88. The number of amides is 1. The second kappa shape index (κ2) is 12.6. The first-order chi connectivity index (χ1) is 18.2. The van der Waals surface area contributed by atoms with Crippen molar-refractivity contribution in [2.45, 2.75) is 63.0 Å². The van der Waals surface area contributed by atoms with Gasteiger partial charge in [0.25, 0.3) is 0 Å². The summed E-state index contributed by atoms with van der Waals surface area (Å²) < 4.78 is 33.8. The van der Waals surface area contributed by atoms with E-state index in [4.69, 9.17) is 4.74 Å². The fourth-order valence-corrected chi connectivity index (χ4v) is 7.84. The van der Waals surface area contributed by atoms with Gasteiger partial charge in [0.1, 0.15) is 6.61 Å². The van der Waals surface area contributed by atoms with E-state index in [2.05, 4.69) is 33.5 Å². The fraction of sp³-hybridized carbons (Fsp3) is 0.552. The molecule has 9 heteroatoms. The van der Waals surface area contributed by atoms with Crippen LogP contribution in [-0.2, 0) is 25.9 Å². The Morgan fingerprint density at radius 2 is 1.76 bits per heavy atom. The lowest BCUT2D eigenvalue weighted by Crippen LogP contribution is -2.49. The van der Waals surface area contributed by atoms with Crippen molar-refractivity contribution in [1.82, 2.24) is 15.5 Å². The lowest BCUT2D eigenvalue weighted by atomic mass is 10.1. The topological polar surface area (TPSA) is 91.0 Å². The molecule has 0 radical (unpaired) electrons. The van der Waals surface area contributed by atoms with E-state index in [1.165, 1.54) is 0 Å². The summed E-state index contributed by atoms with van der Waals surface area (Å²) in [4.78, 5) is 17.9. The Balaban J connectivity index is 1.45. The van der Waals surface area contributed by atoms with Crippen molar-refractivity contribution in [2.24, 2.45) is 0 Å². The van der Waals surface area contributed by atoms with E-state index < -0.39 is 15.3 Å². The molecule has 1 amide bonds. The normalized spacial score (nSPS) is 19.8. The molecule has 2 fully saturated rings. The molecule has 2 unspecified atom stereocenters. The van der Waals surface area contributed by atoms with Crippen LogP contribution in [0.3, 0.4) is 0 Å². The van der Waals surface area contributed by atoms with Crippen LogP contribution in [0.2, 0.25) is 0 Å². The maximum Gasteiger partial charge on any atom is 0.246 e. The maximum absolute atomic E-state index is 13.9. The van der Waals surface area contributed by atoms with Crippen molar-refractivity contribution in [3.8, 4) is 0 Å². The molecule has 2 aliphatic heterocycles. The van der Waals surface area contributed by atoms with Gasteiger partial charge in [-0.1, -0.05) is 42.3 Å². The smallest absolute Gasteiger partial charge is 0.246 e. The van der Waals surface area contributed by atoms with Crippen molar-refractivity contribution < 1.29 is 17.9 Å². The van der Waals surface area contributed by atoms with Gasteiger partial charge in [-0.15, -0.1) is 0 Å². The monoisotopic (exact) mass is 542 g/mol. The number of nitrogens with zero attached hydrogens (tertiary/aromatic N) is 2. The van der Waals surface area contributed by atoms with E-state index in [-0.39, 0.29) is 18.6 Å². The number of hydrogen-bond donors (Lipinski definition) is 2. The second-order valence-corrected chi connectivity index (χ2v) is 12.7. The molecule has 0 bridgehead atoms. The lowest BCUT2D eigenvalue weighted by Gasteiger charge is -2.35. The summed E-state index contributed by atoms with van der Waals surface area (Å²) in [6.07, 6.45) is 2.61. The highest BCUT2D eigenvalue weighted by Crippen LogP contribution is 2.29. The number of rotatable bonds is 9. The lowest BCUT2D eigenvalue weighted by molar-refractivity contribution is -0.126. The summed E-state index contributed by atoms with van der Waals surface area (Å²) in [5, 5.41) is 6.28. The average molecular weight is 543 g/mol. The van der Waals surface area contributed by atoms with Crippen LogP contribution >= 0.6 is 0 Å². The highest BCUT2D eigenvalue weighted by molar-refractivity contribution is 7.92. The number of anilines is 1. The fourth-order valence-electron chi connectivity index (χ4n) is 5.68. The van der Waals surface area contributed by atoms with Gasteiger partial charge in [-0.25, -0.2) is 8.42 Å². The minimum atomic E-state index is -3.84. The molecule has 0 saturated carbocycles. The van der Waals surface area contributed by atoms with E-state index in [1.54, 1.807) is 0 Å². The molecule has 208 valence electrons. The summed E-state index contributed by atoms with van der Waals surface area (Å²) >= 11 is 0. The van der Waals surface area contributed by atoms with Gasteiger partial charge < -0.3 is 25.2 Å². The van der Waals surface area contributed by atoms with Crippen LogP contribution in [0, 0.1) is 20.8 Å². The number of piperazine rings is 1. The summed E-state index contributed by atoms with van der Waals surface area (Å²) in [7, 11) is -1.72. The van der Waals surface area contributed by atoms with Gasteiger partial charge in [0, 0.05) is 44.5 Å². The zero-order chi connectivity index (χ0) is 27.3. The SMILES string of the molecule is Cc1cc(C)c(S(=O)(=O)C(OCC(=O)NCc2ccccc2N2CCN(C)CC2)C2CCCCN2)c(C)c1. The highest BCUT2D eigenvalue weighted by Gasteiger charge is 2.38. The highest BCUT2D eigenvalue weighted by atomic mass is 32.2. The van der Waals surface area contributed by atoms with E-state index >= 15 is 0 Å². The van der Waals surface area contributed by atoms with Crippen LogP contribution in [0.4, 0.5) is 5.69 Å². The Morgan fingerprint density at radius 3 is 2.42 bits per heavy atom. The maximum atomic E-state index is 13.9. The first kappa shape index (κ1) is 28.5. The number of hydrogen-bond acceptors (Lipinski definition) is 7. The van der Waals surface area contributed by atoms with E-state index in [1.807, 2.05) is 51.1 Å². The van der Waals surface area contributed by atoms with Gasteiger partial charge >= 0.3 is 0 Å². The Hall–Kier alpha value is -2.46. The molecular weight excluding hydrogens is 500 g/mol.